The van der Waals surface area contributed by atoms with Gasteiger partial charge in [0.15, 0.2) is 15.1 Å². The number of carboxylic acid groups (broad SMARTS) is 1. The molecule has 1 unspecified atom stereocenters. The molecule has 4 aromatic rings. The molecule has 0 aliphatic heterocycles. The molecule has 0 bridgehead atoms. The minimum absolute atomic E-state index is 0.000500. The van der Waals surface area contributed by atoms with Gasteiger partial charge in [0.2, 0.25) is 17.7 Å². The topological polar surface area (TPSA) is 156 Å². The Bertz CT molecular complexity index is 1630. The first-order chi connectivity index (χ1) is 18.7. The van der Waals surface area contributed by atoms with E-state index in [1.807, 2.05) is 69.3 Å². The van der Waals surface area contributed by atoms with Gasteiger partial charge in [0.25, 0.3) is 0 Å². The van der Waals surface area contributed by atoms with Gasteiger partial charge in [-0.05, 0) is 28.7 Å². The predicted octanol–water partition coefficient (Wildman–Crippen LogP) is 4.37. The number of rotatable bonds is 9. The number of fused-ring (bicyclic) bond motifs is 1. The second-order valence-corrected chi connectivity index (χ2v) is 13.8. The predicted molar refractivity (Wildman–Crippen MR) is 151 cm³/mol. The zero-order valence-electron chi connectivity index (χ0n) is 22.8. The molecule has 2 amide bonds. The van der Waals surface area contributed by atoms with Crippen LogP contribution < -0.4 is 5.32 Å². The van der Waals surface area contributed by atoms with Crippen LogP contribution in [0.3, 0.4) is 0 Å². The van der Waals surface area contributed by atoms with Crippen molar-refractivity contribution in [2.24, 2.45) is 11.3 Å². The molecule has 0 saturated carbocycles. The van der Waals surface area contributed by atoms with Gasteiger partial charge in [-0.2, -0.15) is 0 Å². The SMILES string of the molecule is CN(C[C@@H](C(=O)NCc1nnc(C(c2nc3ccc(-c4ccccc4)cc3s2)S(C)(=O)=O)o1)C(C)(C)C)C(=O)O. The Morgan fingerprint density at radius 1 is 1.10 bits per heavy atom. The molecule has 212 valence electrons. The molecule has 13 heteroatoms. The van der Waals surface area contributed by atoms with Crippen molar-refractivity contribution in [1.82, 2.24) is 25.4 Å². The van der Waals surface area contributed by atoms with Crippen LogP contribution in [0.25, 0.3) is 21.3 Å². The van der Waals surface area contributed by atoms with Crippen molar-refractivity contribution in [2.45, 2.75) is 32.6 Å². The van der Waals surface area contributed by atoms with E-state index in [2.05, 4.69) is 20.5 Å². The summed E-state index contributed by atoms with van der Waals surface area (Å²) < 4.78 is 32.2. The number of thiazole rings is 1. The Hall–Kier alpha value is -3.84. The first-order valence-electron chi connectivity index (χ1n) is 12.4. The van der Waals surface area contributed by atoms with Gasteiger partial charge in [-0.25, -0.2) is 18.2 Å². The van der Waals surface area contributed by atoms with Crippen molar-refractivity contribution in [1.29, 1.82) is 0 Å². The van der Waals surface area contributed by atoms with E-state index in [1.165, 1.54) is 18.4 Å². The fraction of sp³-hybridized carbons (Fsp3) is 0.370. The highest BCUT2D eigenvalue weighted by atomic mass is 32.2. The van der Waals surface area contributed by atoms with Gasteiger partial charge in [0.05, 0.1) is 22.7 Å². The lowest BCUT2D eigenvalue weighted by Crippen LogP contribution is -2.45. The zero-order chi connectivity index (χ0) is 29.2. The fourth-order valence-electron chi connectivity index (χ4n) is 4.17. The summed E-state index contributed by atoms with van der Waals surface area (Å²) in [6, 6.07) is 15.6. The lowest BCUT2D eigenvalue weighted by Gasteiger charge is -2.31. The van der Waals surface area contributed by atoms with E-state index in [1.54, 1.807) is 0 Å². The second kappa shape index (κ2) is 11.3. The van der Waals surface area contributed by atoms with Crippen molar-refractivity contribution >= 4 is 43.4 Å². The summed E-state index contributed by atoms with van der Waals surface area (Å²) in [5, 5.41) is 18.9. The smallest absolute Gasteiger partial charge is 0.407 e. The summed E-state index contributed by atoms with van der Waals surface area (Å²) in [5.41, 5.74) is 2.14. The van der Waals surface area contributed by atoms with Crippen molar-refractivity contribution in [2.75, 3.05) is 19.8 Å². The number of hydrogen-bond acceptors (Lipinski definition) is 9. The number of nitrogens with one attached hydrogen (secondary N) is 1. The largest absolute Gasteiger partial charge is 0.465 e. The van der Waals surface area contributed by atoms with Crippen molar-refractivity contribution in [3.63, 3.8) is 0 Å². The maximum atomic E-state index is 12.9. The molecule has 2 heterocycles. The number of nitrogens with zero attached hydrogens (tertiary/aromatic N) is 4. The molecule has 2 N–H and O–H groups in total. The summed E-state index contributed by atoms with van der Waals surface area (Å²) >= 11 is 1.24. The van der Waals surface area contributed by atoms with Gasteiger partial charge in [-0.1, -0.05) is 57.2 Å². The average Bonchev–Trinajstić information content (AvgIpc) is 3.51. The summed E-state index contributed by atoms with van der Waals surface area (Å²) in [7, 11) is -2.35. The molecular formula is C27H31N5O6S2. The van der Waals surface area contributed by atoms with E-state index >= 15 is 0 Å². The number of benzene rings is 2. The third kappa shape index (κ3) is 6.65. The van der Waals surface area contributed by atoms with E-state index < -0.39 is 32.5 Å². The molecule has 0 fully saturated rings. The summed E-state index contributed by atoms with van der Waals surface area (Å²) in [6.45, 7) is 5.38. The monoisotopic (exact) mass is 585 g/mol. The number of aromatic nitrogens is 3. The van der Waals surface area contributed by atoms with E-state index in [9.17, 15) is 23.1 Å². The summed E-state index contributed by atoms with van der Waals surface area (Å²) in [4.78, 5) is 29.8. The van der Waals surface area contributed by atoms with Gasteiger partial charge in [-0.3, -0.25) is 4.79 Å². The molecule has 0 aliphatic carbocycles. The summed E-state index contributed by atoms with van der Waals surface area (Å²) in [5.74, 6) is -1.17. The molecule has 0 radical (unpaired) electrons. The highest BCUT2D eigenvalue weighted by Crippen LogP contribution is 2.36. The molecule has 2 atom stereocenters. The minimum atomic E-state index is -3.75. The number of carbonyl (C=O) groups is 2. The molecular weight excluding hydrogens is 554 g/mol. The third-order valence-electron chi connectivity index (χ3n) is 6.43. The maximum absolute atomic E-state index is 12.9. The lowest BCUT2D eigenvalue weighted by atomic mass is 9.79. The minimum Gasteiger partial charge on any atom is -0.465 e. The van der Waals surface area contributed by atoms with Gasteiger partial charge in [-0.15, -0.1) is 21.5 Å². The molecule has 2 aromatic heterocycles. The maximum Gasteiger partial charge on any atom is 0.407 e. The van der Waals surface area contributed by atoms with Crippen LogP contribution in [0.4, 0.5) is 4.79 Å². The van der Waals surface area contributed by atoms with Crippen molar-refractivity contribution < 1.29 is 27.5 Å². The van der Waals surface area contributed by atoms with E-state index in [0.29, 0.717) is 10.5 Å². The molecule has 0 spiro atoms. The number of sulfone groups is 1. The van der Waals surface area contributed by atoms with Crippen LogP contribution in [0.15, 0.2) is 52.9 Å². The molecule has 11 nitrogen and oxygen atoms in total. The standard InChI is InChI=1S/C27H31N5O6S2/c1-27(2,3)18(15-32(4)26(34)35)23(33)28-14-21-30-31-24(38-21)22(40(5,36)37)25-29-19-12-11-17(13-20(19)39-25)16-9-7-6-8-10-16/h6-13,18,22H,14-15H2,1-5H3,(H,28,33)(H,34,35)/t18-,22?/m0/s1. The van der Waals surface area contributed by atoms with Gasteiger partial charge < -0.3 is 19.7 Å². The zero-order valence-corrected chi connectivity index (χ0v) is 24.4. The first kappa shape index (κ1) is 29.2. The van der Waals surface area contributed by atoms with Crippen molar-refractivity contribution in [3.05, 3.63) is 65.3 Å². The van der Waals surface area contributed by atoms with Crippen LogP contribution in [-0.4, -0.2) is 65.5 Å². The first-order valence-corrected chi connectivity index (χ1v) is 15.2. The summed E-state index contributed by atoms with van der Waals surface area (Å²) in [6.07, 6.45) is -0.0564. The van der Waals surface area contributed by atoms with Crippen molar-refractivity contribution in [3.8, 4) is 11.1 Å². The van der Waals surface area contributed by atoms with Gasteiger partial charge in [0.1, 0.15) is 5.01 Å². The molecule has 0 saturated heterocycles. The number of hydrogen-bond donors (Lipinski definition) is 2. The van der Waals surface area contributed by atoms with E-state index in [4.69, 9.17) is 4.42 Å². The van der Waals surface area contributed by atoms with E-state index in [0.717, 1.165) is 27.0 Å². The van der Waals surface area contributed by atoms with Crippen LogP contribution in [0.5, 0.6) is 0 Å². The molecule has 40 heavy (non-hydrogen) atoms. The highest BCUT2D eigenvalue weighted by Gasteiger charge is 2.35. The third-order valence-corrected chi connectivity index (χ3v) is 8.94. The van der Waals surface area contributed by atoms with Crippen LogP contribution in [-0.2, 0) is 21.2 Å². The normalized spacial score (nSPS) is 13.6. The molecule has 4 rings (SSSR count). The Morgan fingerprint density at radius 2 is 1.80 bits per heavy atom. The quantitative estimate of drug-likeness (QED) is 0.291. The molecule has 2 aromatic carbocycles. The fourth-order valence-corrected chi connectivity index (χ4v) is 6.70. The number of amides is 2. The Labute approximate surface area is 236 Å². The molecule has 0 aliphatic rings. The van der Waals surface area contributed by atoms with Crippen LogP contribution in [0, 0.1) is 11.3 Å². The Balaban J connectivity index is 1.55. The highest BCUT2D eigenvalue weighted by molar-refractivity contribution is 7.91. The second-order valence-electron chi connectivity index (χ2n) is 10.6. The van der Waals surface area contributed by atoms with Crippen LogP contribution in [0.2, 0.25) is 0 Å². The van der Waals surface area contributed by atoms with Crippen LogP contribution >= 0.6 is 11.3 Å². The van der Waals surface area contributed by atoms with Gasteiger partial charge in [0, 0.05) is 19.8 Å². The lowest BCUT2D eigenvalue weighted by molar-refractivity contribution is -0.129. The Kier molecular flexibility index (Phi) is 8.26. The number of carbonyl (C=O) groups excluding carboxylic acids is 1. The van der Waals surface area contributed by atoms with Crippen LogP contribution in [0.1, 0.15) is 42.8 Å². The Morgan fingerprint density at radius 3 is 2.42 bits per heavy atom. The van der Waals surface area contributed by atoms with E-state index in [-0.39, 0.29) is 30.8 Å². The van der Waals surface area contributed by atoms with Gasteiger partial charge >= 0.3 is 6.09 Å². The average molecular weight is 586 g/mol.